The molecule has 0 bridgehead atoms. The van der Waals surface area contributed by atoms with Crippen molar-refractivity contribution in [1.29, 1.82) is 0 Å². The van der Waals surface area contributed by atoms with Gasteiger partial charge in [0.15, 0.2) is 0 Å². The van der Waals surface area contributed by atoms with E-state index < -0.39 is 13.5 Å². The number of phosphoric ester groups is 1. The summed E-state index contributed by atoms with van der Waals surface area (Å²) in [5.74, 6) is 0.0201. The summed E-state index contributed by atoms with van der Waals surface area (Å²) in [7, 11) is -3.50. The molecule has 0 aromatic carbocycles. The molecule has 2 atom stereocenters. The van der Waals surface area contributed by atoms with Crippen molar-refractivity contribution in [2.45, 2.75) is 26.0 Å². The van der Waals surface area contributed by atoms with Crippen LogP contribution in [0, 0.1) is 5.92 Å². The van der Waals surface area contributed by atoms with Crippen LogP contribution in [0.15, 0.2) is 12.7 Å². The van der Waals surface area contributed by atoms with Gasteiger partial charge in [0, 0.05) is 12.3 Å². The molecule has 0 aromatic heterocycles. The number of nitrogens with two attached hydrogens (primary N) is 1. The minimum absolute atomic E-state index is 0.0201. The van der Waals surface area contributed by atoms with Crippen molar-refractivity contribution in [2.75, 3.05) is 13.2 Å². The number of phosphoric acid groups is 1. The van der Waals surface area contributed by atoms with Crippen molar-refractivity contribution in [3.8, 4) is 0 Å². The van der Waals surface area contributed by atoms with E-state index in [-0.39, 0.29) is 19.1 Å². The van der Waals surface area contributed by atoms with Crippen molar-refractivity contribution in [3.63, 3.8) is 0 Å². The van der Waals surface area contributed by atoms with E-state index in [1.54, 1.807) is 19.9 Å². The third-order valence-corrected chi connectivity index (χ3v) is 3.86. The summed E-state index contributed by atoms with van der Waals surface area (Å²) < 4.78 is 27.1. The first-order valence-electron chi connectivity index (χ1n) is 5.01. The molecule has 88 valence electrons. The van der Waals surface area contributed by atoms with Gasteiger partial charge in [-0.25, -0.2) is 4.57 Å². The van der Waals surface area contributed by atoms with Crippen LogP contribution in [0.3, 0.4) is 0 Å². The molecular formula is C9H18NO4P. The van der Waals surface area contributed by atoms with Gasteiger partial charge in [0.1, 0.15) is 5.72 Å². The smallest absolute Gasteiger partial charge is 0.302 e. The van der Waals surface area contributed by atoms with Gasteiger partial charge in [-0.2, -0.15) is 0 Å². The molecule has 1 aliphatic rings. The van der Waals surface area contributed by atoms with Gasteiger partial charge in [0.2, 0.25) is 0 Å². The maximum Gasteiger partial charge on any atom is 0.476 e. The molecule has 6 heteroatoms. The fourth-order valence-electron chi connectivity index (χ4n) is 1.29. The van der Waals surface area contributed by atoms with E-state index in [4.69, 9.17) is 19.3 Å². The lowest BCUT2D eigenvalue weighted by Gasteiger charge is -2.20. The zero-order valence-corrected chi connectivity index (χ0v) is 10.0. The van der Waals surface area contributed by atoms with E-state index in [1.165, 1.54) is 0 Å². The third-order valence-electron chi connectivity index (χ3n) is 2.15. The average Bonchev–Trinajstić information content (AvgIpc) is 2.76. The Morgan fingerprint density at radius 1 is 1.53 bits per heavy atom. The Morgan fingerprint density at radius 2 is 2.07 bits per heavy atom. The molecule has 0 amide bonds. The molecule has 15 heavy (non-hydrogen) atoms. The Balaban J connectivity index is 2.59. The second-order valence-electron chi connectivity index (χ2n) is 3.38. The van der Waals surface area contributed by atoms with Crippen LogP contribution in [0.5, 0.6) is 0 Å². The van der Waals surface area contributed by atoms with Gasteiger partial charge in [0.05, 0.1) is 13.2 Å². The van der Waals surface area contributed by atoms with E-state index in [1.807, 2.05) is 0 Å². The van der Waals surface area contributed by atoms with Crippen LogP contribution in [0.4, 0.5) is 0 Å². The van der Waals surface area contributed by atoms with Gasteiger partial charge in [-0.15, -0.1) is 6.58 Å². The number of rotatable bonds is 7. The Hall–Kier alpha value is -0.190. The first-order valence-corrected chi connectivity index (χ1v) is 6.47. The molecule has 0 heterocycles. The molecule has 0 radical (unpaired) electrons. The predicted octanol–water partition coefficient (Wildman–Crippen LogP) is 2.04. The SMILES string of the molecule is C=CC1CC1(N)OP(=O)(OCC)OCC. The molecule has 1 fully saturated rings. The van der Waals surface area contributed by atoms with Gasteiger partial charge < -0.3 is 5.73 Å². The Labute approximate surface area is 90.2 Å². The van der Waals surface area contributed by atoms with Crippen molar-refractivity contribution >= 4 is 7.82 Å². The Bertz CT molecular complexity index is 273. The zero-order valence-electron chi connectivity index (χ0n) is 9.14. The summed E-state index contributed by atoms with van der Waals surface area (Å²) in [6.45, 7) is 7.56. The average molecular weight is 235 g/mol. The van der Waals surface area contributed by atoms with Crippen LogP contribution < -0.4 is 5.73 Å². The molecule has 0 saturated heterocycles. The lowest BCUT2D eigenvalue weighted by atomic mass is 10.4. The summed E-state index contributed by atoms with van der Waals surface area (Å²) in [6.07, 6.45) is 2.28. The lowest BCUT2D eigenvalue weighted by molar-refractivity contribution is 0.0697. The highest BCUT2D eigenvalue weighted by molar-refractivity contribution is 7.48. The number of hydrogen-bond donors (Lipinski definition) is 1. The highest BCUT2D eigenvalue weighted by atomic mass is 31.2. The molecule has 1 saturated carbocycles. The standard InChI is InChI=1S/C9H18NO4P/c1-4-8-7-9(8,10)14-15(11,12-5-2)13-6-3/h4,8H,1,5-7,10H2,2-3H3. The van der Waals surface area contributed by atoms with Gasteiger partial charge in [-0.3, -0.25) is 13.6 Å². The van der Waals surface area contributed by atoms with Gasteiger partial charge in [-0.05, 0) is 13.8 Å². The Morgan fingerprint density at radius 3 is 2.40 bits per heavy atom. The van der Waals surface area contributed by atoms with Crippen molar-refractivity contribution in [2.24, 2.45) is 11.7 Å². The minimum atomic E-state index is -3.50. The largest absolute Gasteiger partial charge is 0.476 e. The molecule has 2 N–H and O–H groups in total. The summed E-state index contributed by atoms with van der Waals surface area (Å²) in [5, 5.41) is 0. The van der Waals surface area contributed by atoms with Gasteiger partial charge in [0.25, 0.3) is 0 Å². The normalized spacial score (nSPS) is 30.2. The van der Waals surface area contributed by atoms with Crippen LogP contribution >= 0.6 is 7.82 Å². The summed E-state index contributed by atoms with van der Waals surface area (Å²) in [5.41, 5.74) is 4.89. The highest BCUT2D eigenvalue weighted by Crippen LogP contribution is 2.59. The summed E-state index contributed by atoms with van der Waals surface area (Å²) in [4.78, 5) is 0. The maximum absolute atomic E-state index is 11.9. The van der Waals surface area contributed by atoms with E-state index in [0.29, 0.717) is 6.42 Å². The monoisotopic (exact) mass is 235 g/mol. The van der Waals surface area contributed by atoms with Crippen molar-refractivity contribution in [1.82, 2.24) is 0 Å². The lowest BCUT2D eigenvalue weighted by Crippen LogP contribution is -2.28. The van der Waals surface area contributed by atoms with E-state index in [9.17, 15) is 4.57 Å². The summed E-state index contributed by atoms with van der Waals surface area (Å²) in [6, 6.07) is 0. The molecule has 1 aliphatic carbocycles. The van der Waals surface area contributed by atoms with Crippen molar-refractivity contribution in [3.05, 3.63) is 12.7 Å². The molecule has 2 unspecified atom stereocenters. The van der Waals surface area contributed by atoms with Crippen LogP contribution in [0.2, 0.25) is 0 Å². The maximum atomic E-state index is 11.9. The molecule has 5 nitrogen and oxygen atoms in total. The number of hydrogen-bond acceptors (Lipinski definition) is 5. The topological polar surface area (TPSA) is 70.8 Å². The van der Waals surface area contributed by atoms with Crippen LogP contribution in [0.25, 0.3) is 0 Å². The van der Waals surface area contributed by atoms with Crippen molar-refractivity contribution < 1.29 is 18.1 Å². The molecule has 0 spiro atoms. The fourth-order valence-corrected chi connectivity index (χ4v) is 2.73. The van der Waals surface area contributed by atoms with Gasteiger partial charge >= 0.3 is 7.82 Å². The van der Waals surface area contributed by atoms with E-state index >= 15 is 0 Å². The van der Waals surface area contributed by atoms with E-state index in [0.717, 1.165) is 0 Å². The van der Waals surface area contributed by atoms with Crippen LogP contribution in [-0.4, -0.2) is 18.9 Å². The van der Waals surface area contributed by atoms with Crippen LogP contribution in [0.1, 0.15) is 20.3 Å². The first kappa shape index (κ1) is 12.9. The second kappa shape index (κ2) is 4.76. The predicted molar refractivity (Wildman–Crippen MR) is 57.2 cm³/mol. The van der Waals surface area contributed by atoms with Crippen LogP contribution in [-0.2, 0) is 18.1 Å². The second-order valence-corrected chi connectivity index (χ2v) is 4.97. The van der Waals surface area contributed by atoms with Gasteiger partial charge in [-0.1, -0.05) is 6.08 Å². The zero-order chi connectivity index (χ0) is 11.5. The molecule has 1 rings (SSSR count). The minimum Gasteiger partial charge on any atom is -0.302 e. The fraction of sp³-hybridized carbons (Fsp3) is 0.778. The highest BCUT2D eigenvalue weighted by Gasteiger charge is 2.55. The molecule has 0 aliphatic heterocycles. The molecule has 0 aromatic rings. The Kier molecular flexibility index (Phi) is 4.09. The molecular weight excluding hydrogens is 217 g/mol. The summed E-state index contributed by atoms with van der Waals surface area (Å²) >= 11 is 0. The quantitative estimate of drug-likeness (QED) is 0.415. The first-order chi connectivity index (χ1) is 6.99. The van der Waals surface area contributed by atoms with E-state index in [2.05, 4.69) is 6.58 Å². The third kappa shape index (κ3) is 3.13.